The molecule has 1 aromatic heterocycles. The van der Waals surface area contributed by atoms with Gasteiger partial charge in [0.25, 0.3) is 5.91 Å². The number of amides is 1. The average Bonchev–Trinajstić information content (AvgIpc) is 3.68. The van der Waals surface area contributed by atoms with Gasteiger partial charge in [-0.25, -0.2) is 12.8 Å². The predicted molar refractivity (Wildman–Crippen MR) is 149 cm³/mol. The molecule has 0 unspecified atom stereocenters. The Morgan fingerprint density at radius 1 is 1.10 bits per heavy atom. The number of rotatable bonds is 9. The summed E-state index contributed by atoms with van der Waals surface area (Å²) in [6.45, 7) is 0.152. The number of fused-ring (bicyclic) bond motifs is 1. The molecular formula is C28H28BFN2O6S. The van der Waals surface area contributed by atoms with Crippen LogP contribution in [0.4, 0.5) is 10.1 Å². The topological polar surface area (TPSA) is 120 Å². The van der Waals surface area contributed by atoms with Crippen LogP contribution in [0.15, 0.2) is 65.1 Å². The number of carbonyl (C=O) groups excluding carboxylic acids is 1. The third kappa shape index (κ3) is 5.56. The molecule has 5 rings (SSSR count). The molecular weight excluding hydrogens is 522 g/mol. The maximum Gasteiger partial charge on any atom is 0.488 e. The zero-order chi connectivity index (χ0) is 27.9. The average molecular weight is 550 g/mol. The molecule has 0 bridgehead atoms. The van der Waals surface area contributed by atoms with Crippen LogP contribution in [0.3, 0.4) is 0 Å². The largest absolute Gasteiger partial charge is 0.488 e. The van der Waals surface area contributed by atoms with Crippen molar-refractivity contribution in [3.63, 3.8) is 0 Å². The van der Waals surface area contributed by atoms with E-state index in [2.05, 4.69) is 5.32 Å². The normalized spacial score (nSPS) is 13.5. The number of carbonyl (C=O) groups is 1. The summed E-state index contributed by atoms with van der Waals surface area (Å²) in [5.41, 5.74) is 3.69. The first-order chi connectivity index (χ1) is 18.6. The van der Waals surface area contributed by atoms with Crippen molar-refractivity contribution >= 4 is 45.2 Å². The molecule has 39 heavy (non-hydrogen) atoms. The van der Waals surface area contributed by atoms with Gasteiger partial charge in [0.15, 0.2) is 0 Å². The molecule has 0 spiro atoms. The number of furan rings is 1. The summed E-state index contributed by atoms with van der Waals surface area (Å²) >= 11 is 0. The molecule has 202 valence electrons. The van der Waals surface area contributed by atoms with Gasteiger partial charge in [-0.15, -0.1) is 0 Å². The second-order valence-electron chi connectivity index (χ2n) is 9.77. The van der Waals surface area contributed by atoms with Crippen molar-refractivity contribution < 1.29 is 32.1 Å². The third-order valence-corrected chi connectivity index (χ3v) is 8.15. The Labute approximate surface area is 226 Å². The zero-order valence-corrected chi connectivity index (χ0v) is 22.3. The van der Waals surface area contributed by atoms with Crippen LogP contribution in [-0.4, -0.2) is 51.3 Å². The zero-order valence-electron chi connectivity index (χ0n) is 21.5. The molecule has 1 saturated carbocycles. The van der Waals surface area contributed by atoms with Gasteiger partial charge in [0.2, 0.25) is 10.0 Å². The van der Waals surface area contributed by atoms with Crippen molar-refractivity contribution in [2.45, 2.75) is 25.2 Å². The highest BCUT2D eigenvalue weighted by atomic mass is 32.2. The molecule has 11 heteroatoms. The maximum atomic E-state index is 13.6. The third-order valence-electron chi connectivity index (χ3n) is 6.97. The fourth-order valence-corrected chi connectivity index (χ4v) is 5.73. The number of anilines is 1. The van der Waals surface area contributed by atoms with Crippen LogP contribution in [0.2, 0.25) is 0 Å². The molecule has 4 aromatic rings. The summed E-state index contributed by atoms with van der Waals surface area (Å²) in [5.74, 6) is -0.347. The van der Waals surface area contributed by atoms with Crippen molar-refractivity contribution in [3.8, 4) is 11.3 Å². The number of halogens is 1. The van der Waals surface area contributed by atoms with E-state index in [1.807, 2.05) is 6.07 Å². The number of nitrogens with zero attached hydrogens (tertiary/aromatic N) is 1. The Morgan fingerprint density at radius 2 is 1.77 bits per heavy atom. The first-order valence-electron chi connectivity index (χ1n) is 12.6. The SMILES string of the molecule is CNC(=O)c1c(-c2ccc(F)cc2)oc2cc(N(CCc3ccc(B(O)O)cc3)S(C)(=O)=O)c(C3CC3)cc12. The van der Waals surface area contributed by atoms with Gasteiger partial charge in [-0.05, 0) is 72.1 Å². The molecule has 3 aromatic carbocycles. The number of benzene rings is 3. The summed E-state index contributed by atoms with van der Waals surface area (Å²) in [6, 6.07) is 15.8. The lowest BCUT2D eigenvalue weighted by molar-refractivity contribution is 0.0964. The lowest BCUT2D eigenvalue weighted by Gasteiger charge is -2.25. The van der Waals surface area contributed by atoms with Crippen LogP contribution in [0.1, 0.15) is 40.2 Å². The molecule has 8 nitrogen and oxygen atoms in total. The monoisotopic (exact) mass is 550 g/mol. The summed E-state index contributed by atoms with van der Waals surface area (Å²) in [6.07, 6.45) is 3.35. The standard InChI is InChI=1S/C28H28BFN2O6S/c1-31-28(33)26-23-15-22(18-5-6-18)24(16-25(23)38-27(26)19-7-11-21(30)12-8-19)32(39(2,36)37)14-13-17-3-9-20(10-4-17)29(34)35/h3-4,7-12,15-16,18,34-35H,5-6,13-14H2,1-2H3,(H,31,33). The van der Waals surface area contributed by atoms with E-state index in [9.17, 15) is 27.7 Å². The van der Waals surface area contributed by atoms with Crippen LogP contribution in [0, 0.1) is 5.82 Å². The van der Waals surface area contributed by atoms with Crippen LogP contribution < -0.4 is 15.1 Å². The minimum atomic E-state index is -3.70. The van der Waals surface area contributed by atoms with Gasteiger partial charge in [0.1, 0.15) is 17.2 Å². The van der Waals surface area contributed by atoms with E-state index in [1.54, 1.807) is 30.3 Å². The van der Waals surface area contributed by atoms with Crippen molar-refractivity contribution in [1.82, 2.24) is 5.32 Å². The predicted octanol–water partition coefficient (Wildman–Crippen LogP) is 3.16. The Balaban J connectivity index is 1.61. The summed E-state index contributed by atoms with van der Waals surface area (Å²) in [7, 11) is -3.76. The van der Waals surface area contributed by atoms with E-state index in [4.69, 9.17) is 4.42 Å². The molecule has 1 fully saturated rings. The van der Waals surface area contributed by atoms with Gasteiger partial charge in [0, 0.05) is 30.6 Å². The number of hydrogen-bond acceptors (Lipinski definition) is 6. The number of nitrogens with one attached hydrogen (secondary N) is 1. The van der Waals surface area contributed by atoms with Gasteiger partial charge in [0.05, 0.1) is 17.5 Å². The van der Waals surface area contributed by atoms with E-state index in [-0.39, 0.29) is 24.1 Å². The van der Waals surface area contributed by atoms with E-state index >= 15 is 0 Å². The highest BCUT2D eigenvalue weighted by Gasteiger charge is 2.33. The minimum Gasteiger partial charge on any atom is -0.455 e. The molecule has 1 aliphatic rings. The van der Waals surface area contributed by atoms with Gasteiger partial charge >= 0.3 is 7.12 Å². The highest BCUT2D eigenvalue weighted by Crippen LogP contribution is 2.48. The summed E-state index contributed by atoms with van der Waals surface area (Å²) in [5, 5.41) is 21.9. The van der Waals surface area contributed by atoms with Gasteiger partial charge in [-0.2, -0.15) is 0 Å². The minimum absolute atomic E-state index is 0.152. The molecule has 1 heterocycles. The smallest absolute Gasteiger partial charge is 0.455 e. The van der Waals surface area contributed by atoms with Gasteiger partial charge in [-0.1, -0.05) is 24.3 Å². The van der Waals surface area contributed by atoms with E-state index < -0.39 is 23.0 Å². The maximum absolute atomic E-state index is 13.6. The second kappa shape index (κ2) is 10.5. The Hall–Kier alpha value is -3.67. The molecule has 0 radical (unpaired) electrons. The molecule has 0 atom stereocenters. The van der Waals surface area contributed by atoms with Crippen LogP contribution in [0.5, 0.6) is 0 Å². The highest BCUT2D eigenvalue weighted by molar-refractivity contribution is 7.92. The molecule has 1 aliphatic carbocycles. The van der Waals surface area contributed by atoms with Gasteiger partial charge < -0.3 is 19.8 Å². The van der Waals surface area contributed by atoms with E-state index in [0.29, 0.717) is 39.7 Å². The fraction of sp³-hybridized carbons (Fsp3) is 0.250. The first kappa shape index (κ1) is 26.9. The van der Waals surface area contributed by atoms with Gasteiger partial charge in [-0.3, -0.25) is 9.10 Å². The number of hydrogen-bond donors (Lipinski definition) is 3. The van der Waals surface area contributed by atoms with Crippen molar-refractivity contribution in [2.24, 2.45) is 0 Å². The van der Waals surface area contributed by atoms with Crippen LogP contribution in [0.25, 0.3) is 22.3 Å². The summed E-state index contributed by atoms with van der Waals surface area (Å²) < 4.78 is 47.2. The lowest BCUT2D eigenvalue weighted by Crippen LogP contribution is -2.33. The molecule has 3 N–H and O–H groups in total. The fourth-order valence-electron chi connectivity index (χ4n) is 4.79. The number of sulfonamides is 1. The van der Waals surface area contributed by atoms with E-state index in [0.717, 1.165) is 30.2 Å². The second-order valence-corrected chi connectivity index (χ2v) is 11.7. The van der Waals surface area contributed by atoms with Crippen LogP contribution in [-0.2, 0) is 16.4 Å². The Morgan fingerprint density at radius 3 is 2.33 bits per heavy atom. The van der Waals surface area contributed by atoms with Crippen LogP contribution >= 0.6 is 0 Å². The Kier molecular flexibility index (Phi) is 7.24. The van der Waals surface area contributed by atoms with Crippen molar-refractivity contribution in [1.29, 1.82) is 0 Å². The lowest BCUT2D eigenvalue weighted by atomic mass is 9.80. The van der Waals surface area contributed by atoms with Crippen molar-refractivity contribution in [2.75, 3.05) is 24.2 Å². The molecule has 0 saturated heterocycles. The summed E-state index contributed by atoms with van der Waals surface area (Å²) in [4.78, 5) is 13.0. The molecule has 1 amide bonds. The first-order valence-corrected chi connectivity index (χ1v) is 14.4. The quantitative estimate of drug-likeness (QED) is 0.276. The molecule has 0 aliphatic heterocycles. The van der Waals surface area contributed by atoms with E-state index in [1.165, 1.54) is 35.6 Å². The Bertz CT molecular complexity index is 1630. The van der Waals surface area contributed by atoms with Crippen molar-refractivity contribution in [3.05, 3.63) is 83.2 Å².